The van der Waals surface area contributed by atoms with Crippen molar-refractivity contribution in [2.45, 2.75) is 38.1 Å². The molecule has 0 atom stereocenters. The molecule has 1 N–H and O–H groups in total. The first kappa shape index (κ1) is 22.4. The number of fused-ring (bicyclic) bond motifs is 1. The molecule has 170 valence electrons. The number of piperidine rings is 1. The smallest absolute Gasteiger partial charge is 0.310 e. The second-order valence-electron chi connectivity index (χ2n) is 8.07. The monoisotopic (exact) mass is 448 g/mol. The molecule has 9 heteroatoms. The van der Waals surface area contributed by atoms with Crippen LogP contribution in [0, 0.1) is 5.82 Å². The Bertz CT molecular complexity index is 1120. The number of nitrogens with one attached hydrogen (secondary N) is 1. The molecule has 1 aliphatic heterocycles. The Labute approximate surface area is 182 Å². The molecule has 1 saturated heterocycles. The van der Waals surface area contributed by atoms with E-state index >= 15 is 0 Å². The van der Waals surface area contributed by atoms with Crippen molar-refractivity contribution in [2.75, 3.05) is 19.6 Å². The Kier molecular flexibility index (Phi) is 6.57. The molecule has 2 aromatic heterocycles. The molecule has 0 bridgehead atoms. The maximum Gasteiger partial charge on any atom is 0.416 e. The van der Waals surface area contributed by atoms with Crippen LogP contribution in [0.5, 0.6) is 0 Å². The average molecular weight is 448 g/mol. The summed E-state index contributed by atoms with van der Waals surface area (Å²) < 4.78 is 53.1. The molecule has 0 unspecified atom stereocenters. The molecule has 4 rings (SSSR count). The van der Waals surface area contributed by atoms with Crippen LogP contribution in [0.2, 0.25) is 0 Å². The quantitative estimate of drug-likeness (QED) is 0.583. The predicted octanol–water partition coefficient (Wildman–Crippen LogP) is 3.81. The number of benzene rings is 1. The van der Waals surface area contributed by atoms with E-state index in [0.29, 0.717) is 30.7 Å². The zero-order chi connectivity index (χ0) is 22.7. The van der Waals surface area contributed by atoms with Gasteiger partial charge in [-0.25, -0.2) is 4.39 Å². The van der Waals surface area contributed by atoms with E-state index in [9.17, 15) is 22.4 Å². The minimum absolute atomic E-state index is 0.182. The lowest BCUT2D eigenvalue weighted by molar-refractivity contribution is -0.137. The summed E-state index contributed by atoms with van der Waals surface area (Å²) in [4.78, 5) is 18.6. The van der Waals surface area contributed by atoms with E-state index in [1.807, 2.05) is 0 Å². The van der Waals surface area contributed by atoms with Gasteiger partial charge in [0, 0.05) is 37.8 Å². The first-order valence-corrected chi connectivity index (χ1v) is 10.6. The van der Waals surface area contributed by atoms with Gasteiger partial charge in [-0.15, -0.1) is 0 Å². The standard InChI is InChI=1S/C23H24F4N4O/c24-18-13-21-20(29-15-18)5-6-22(32)31(21)12-11-30-9-7-19(8-10-30)28-14-16-1-3-17(4-2-16)23(25,26)27/h1-6,13,15,19,28H,7-12,14H2. The van der Waals surface area contributed by atoms with E-state index in [0.717, 1.165) is 49.8 Å². The lowest BCUT2D eigenvalue weighted by atomic mass is 10.0. The molecule has 1 aliphatic rings. The summed E-state index contributed by atoms with van der Waals surface area (Å²) in [5.41, 5.74) is 1.07. The topological polar surface area (TPSA) is 50.2 Å². The lowest BCUT2D eigenvalue weighted by Gasteiger charge is -2.32. The van der Waals surface area contributed by atoms with Crippen LogP contribution in [0.4, 0.5) is 17.6 Å². The highest BCUT2D eigenvalue weighted by Crippen LogP contribution is 2.29. The van der Waals surface area contributed by atoms with E-state index in [2.05, 4.69) is 15.2 Å². The number of nitrogens with zero attached hydrogens (tertiary/aromatic N) is 3. The lowest BCUT2D eigenvalue weighted by Crippen LogP contribution is -2.43. The molecule has 0 amide bonds. The van der Waals surface area contributed by atoms with Crippen LogP contribution in [0.15, 0.2) is 53.5 Å². The molecule has 0 saturated carbocycles. The first-order valence-electron chi connectivity index (χ1n) is 10.6. The van der Waals surface area contributed by atoms with Gasteiger partial charge in [-0.1, -0.05) is 12.1 Å². The van der Waals surface area contributed by atoms with Crippen molar-refractivity contribution in [1.29, 1.82) is 0 Å². The third kappa shape index (κ3) is 5.34. The minimum Gasteiger partial charge on any atom is -0.310 e. The number of pyridine rings is 2. The van der Waals surface area contributed by atoms with Gasteiger partial charge in [0.2, 0.25) is 0 Å². The van der Waals surface area contributed by atoms with Gasteiger partial charge in [0.15, 0.2) is 0 Å². The maximum absolute atomic E-state index is 13.6. The van der Waals surface area contributed by atoms with Crippen molar-refractivity contribution in [1.82, 2.24) is 19.8 Å². The number of likely N-dealkylation sites (tertiary alicyclic amines) is 1. The number of halogens is 4. The Balaban J connectivity index is 1.27. The molecular weight excluding hydrogens is 424 g/mol. The second kappa shape index (κ2) is 9.38. The SMILES string of the molecule is O=c1ccc2ncc(F)cc2n1CCN1CCC(NCc2ccc(C(F)(F)F)cc2)CC1. The third-order valence-electron chi connectivity index (χ3n) is 5.91. The van der Waals surface area contributed by atoms with E-state index in [1.54, 1.807) is 10.6 Å². The predicted molar refractivity (Wildman–Crippen MR) is 114 cm³/mol. The Morgan fingerprint density at radius 3 is 2.44 bits per heavy atom. The maximum atomic E-state index is 13.6. The van der Waals surface area contributed by atoms with Crippen molar-refractivity contribution in [3.05, 3.63) is 76.0 Å². The van der Waals surface area contributed by atoms with Gasteiger partial charge in [-0.3, -0.25) is 9.78 Å². The number of hydrogen-bond donors (Lipinski definition) is 1. The molecule has 1 fully saturated rings. The largest absolute Gasteiger partial charge is 0.416 e. The van der Waals surface area contributed by atoms with E-state index < -0.39 is 17.6 Å². The summed E-state index contributed by atoms with van der Waals surface area (Å²) in [5.74, 6) is -0.475. The van der Waals surface area contributed by atoms with Crippen LogP contribution >= 0.6 is 0 Å². The van der Waals surface area contributed by atoms with Crippen LogP contribution < -0.4 is 10.9 Å². The number of aromatic nitrogens is 2. The van der Waals surface area contributed by atoms with Crippen LogP contribution in [-0.2, 0) is 19.3 Å². The molecular formula is C23H24F4N4O. The van der Waals surface area contributed by atoms with Gasteiger partial charge in [0.25, 0.3) is 5.56 Å². The number of alkyl halides is 3. The Hall–Kier alpha value is -2.78. The molecule has 0 spiro atoms. The minimum atomic E-state index is -4.32. The summed E-state index contributed by atoms with van der Waals surface area (Å²) in [6.45, 7) is 3.33. The van der Waals surface area contributed by atoms with Gasteiger partial charge < -0.3 is 14.8 Å². The van der Waals surface area contributed by atoms with Crippen LogP contribution in [0.3, 0.4) is 0 Å². The molecule has 1 aromatic carbocycles. The fourth-order valence-corrected chi connectivity index (χ4v) is 4.05. The Morgan fingerprint density at radius 1 is 1.03 bits per heavy atom. The van der Waals surface area contributed by atoms with Crippen LogP contribution in [-0.4, -0.2) is 40.1 Å². The van der Waals surface area contributed by atoms with Gasteiger partial charge in [0.05, 0.1) is 22.8 Å². The summed E-state index contributed by atoms with van der Waals surface area (Å²) in [6, 6.07) is 9.89. The fourth-order valence-electron chi connectivity index (χ4n) is 4.05. The number of rotatable bonds is 6. The summed E-state index contributed by atoms with van der Waals surface area (Å²) >= 11 is 0. The van der Waals surface area contributed by atoms with Gasteiger partial charge >= 0.3 is 6.18 Å². The average Bonchev–Trinajstić information content (AvgIpc) is 2.77. The van der Waals surface area contributed by atoms with Gasteiger partial charge in [-0.05, 0) is 49.7 Å². The van der Waals surface area contributed by atoms with E-state index in [1.165, 1.54) is 24.3 Å². The van der Waals surface area contributed by atoms with Crippen LogP contribution in [0.25, 0.3) is 11.0 Å². The molecule has 3 heterocycles. The fraction of sp³-hybridized carbons (Fsp3) is 0.391. The van der Waals surface area contributed by atoms with Gasteiger partial charge in [0.1, 0.15) is 5.82 Å². The first-order chi connectivity index (χ1) is 15.3. The zero-order valence-electron chi connectivity index (χ0n) is 17.4. The Morgan fingerprint density at radius 2 is 1.75 bits per heavy atom. The normalized spacial score (nSPS) is 16.0. The summed E-state index contributed by atoms with van der Waals surface area (Å²) in [5, 5.41) is 3.42. The zero-order valence-corrected chi connectivity index (χ0v) is 17.4. The summed E-state index contributed by atoms with van der Waals surface area (Å²) in [6.07, 6.45) is -1.37. The highest BCUT2D eigenvalue weighted by Gasteiger charge is 2.30. The van der Waals surface area contributed by atoms with Crippen LogP contribution in [0.1, 0.15) is 24.0 Å². The van der Waals surface area contributed by atoms with Gasteiger partial charge in [-0.2, -0.15) is 13.2 Å². The molecule has 5 nitrogen and oxygen atoms in total. The second-order valence-corrected chi connectivity index (χ2v) is 8.07. The van der Waals surface area contributed by atoms with Crippen molar-refractivity contribution in [3.63, 3.8) is 0 Å². The van der Waals surface area contributed by atoms with E-state index in [-0.39, 0.29) is 11.6 Å². The highest BCUT2D eigenvalue weighted by atomic mass is 19.4. The third-order valence-corrected chi connectivity index (χ3v) is 5.91. The van der Waals surface area contributed by atoms with Crippen molar-refractivity contribution in [2.24, 2.45) is 0 Å². The molecule has 32 heavy (non-hydrogen) atoms. The van der Waals surface area contributed by atoms with Crippen molar-refractivity contribution >= 4 is 11.0 Å². The van der Waals surface area contributed by atoms with Crippen molar-refractivity contribution < 1.29 is 17.6 Å². The molecule has 0 radical (unpaired) electrons. The molecule has 3 aromatic rings. The molecule has 0 aliphatic carbocycles. The number of hydrogen-bond acceptors (Lipinski definition) is 4. The van der Waals surface area contributed by atoms with E-state index in [4.69, 9.17) is 0 Å². The van der Waals surface area contributed by atoms with Crippen molar-refractivity contribution in [3.8, 4) is 0 Å². The highest BCUT2D eigenvalue weighted by molar-refractivity contribution is 5.74. The summed E-state index contributed by atoms with van der Waals surface area (Å²) in [7, 11) is 0.